The third kappa shape index (κ3) is 1.83. The summed E-state index contributed by atoms with van der Waals surface area (Å²) in [6.45, 7) is 0. The summed E-state index contributed by atoms with van der Waals surface area (Å²) in [6, 6.07) is 8.34. The molecule has 1 unspecified atom stereocenters. The smallest absolute Gasteiger partial charge is 0.264 e. The summed E-state index contributed by atoms with van der Waals surface area (Å²) in [7, 11) is 0. The summed E-state index contributed by atoms with van der Waals surface area (Å²) in [6.07, 6.45) is -1.54. The number of nitrogens with zero attached hydrogens (tertiary/aromatic N) is 1. The Morgan fingerprint density at radius 1 is 1.15 bits per heavy atom. The maximum atomic E-state index is 13.7. The Morgan fingerprint density at radius 3 is 2.50 bits per heavy atom. The lowest BCUT2D eigenvalue weighted by Gasteiger charge is -2.21. The minimum atomic E-state index is -1.54. The normalized spacial score (nSPS) is 17.5. The van der Waals surface area contributed by atoms with E-state index in [1.165, 1.54) is 0 Å². The van der Waals surface area contributed by atoms with Crippen LogP contribution in [0.5, 0.6) is 0 Å². The number of aliphatic hydroxyl groups is 1. The van der Waals surface area contributed by atoms with Crippen LogP contribution in [0.1, 0.15) is 22.1 Å². The zero-order chi connectivity index (χ0) is 14.4. The van der Waals surface area contributed by atoms with Gasteiger partial charge in [-0.05, 0) is 30.3 Å². The van der Waals surface area contributed by atoms with Gasteiger partial charge in [-0.25, -0.2) is 8.78 Å². The summed E-state index contributed by atoms with van der Waals surface area (Å²) in [5.41, 5.74) is -0.390. The van der Waals surface area contributed by atoms with Crippen molar-refractivity contribution < 1.29 is 18.7 Å². The Morgan fingerprint density at radius 2 is 1.85 bits per heavy atom. The van der Waals surface area contributed by atoms with Gasteiger partial charge in [0, 0.05) is 10.2 Å². The van der Waals surface area contributed by atoms with E-state index in [9.17, 15) is 18.7 Å². The number of carbonyl (C=O) groups excluding carboxylic acids is 1. The number of hydrogen-bond acceptors (Lipinski definition) is 2. The molecule has 3 nitrogen and oxygen atoms in total. The van der Waals surface area contributed by atoms with E-state index in [0.29, 0.717) is 10.2 Å². The van der Waals surface area contributed by atoms with Crippen LogP contribution in [-0.4, -0.2) is 11.0 Å². The number of rotatable bonds is 1. The van der Waals surface area contributed by atoms with Gasteiger partial charge < -0.3 is 5.11 Å². The highest BCUT2D eigenvalue weighted by Crippen LogP contribution is 2.38. The fraction of sp³-hybridized carbons (Fsp3) is 0.0714. The number of amides is 1. The highest BCUT2D eigenvalue weighted by Gasteiger charge is 2.41. The Hall–Kier alpha value is -1.79. The molecule has 0 aliphatic carbocycles. The zero-order valence-electron chi connectivity index (χ0n) is 9.98. The number of aliphatic hydroxyl groups excluding tert-OH is 1. The van der Waals surface area contributed by atoms with Crippen molar-refractivity contribution in [3.8, 4) is 0 Å². The van der Waals surface area contributed by atoms with Crippen LogP contribution in [-0.2, 0) is 0 Å². The van der Waals surface area contributed by atoms with Crippen LogP contribution >= 0.6 is 15.9 Å². The van der Waals surface area contributed by atoms with Gasteiger partial charge in [-0.1, -0.05) is 22.0 Å². The third-order valence-electron chi connectivity index (χ3n) is 3.16. The van der Waals surface area contributed by atoms with Crippen LogP contribution in [0.15, 0.2) is 40.9 Å². The molecule has 0 spiro atoms. The van der Waals surface area contributed by atoms with E-state index in [4.69, 9.17) is 0 Å². The molecule has 1 heterocycles. The first-order chi connectivity index (χ1) is 9.50. The van der Waals surface area contributed by atoms with Crippen molar-refractivity contribution in [2.45, 2.75) is 6.23 Å². The Balaban J connectivity index is 2.17. The van der Waals surface area contributed by atoms with Gasteiger partial charge in [0.1, 0.15) is 11.6 Å². The molecule has 1 amide bonds. The molecule has 0 fully saturated rings. The molecule has 2 aromatic rings. The van der Waals surface area contributed by atoms with Crippen molar-refractivity contribution in [1.82, 2.24) is 0 Å². The van der Waals surface area contributed by atoms with Crippen molar-refractivity contribution >= 4 is 27.5 Å². The van der Waals surface area contributed by atoms with Gasteiger partial charge in [0.25, 0.3) is 5.91 Å². The molecule has 3 rings (SSSR count). The molecule has 1 aliphatic rings. The largest absolute Gasteiger partial charge is 0.369 e. The first kappa shape index (κ1) is 13.2. The number of halogens is 3. The fourth-order valence-corrected chi connectivity index (χ4v) is 2.67. The van der Waals surface area contributed by atoms with Crippen LogP contribution in [0.2, 0.25) is 0 Å². The van der Waals surface area contributed by atoms with Gasteiger partial charge in [0.2, 0.25) is 0 Å². The van der Waals surface area contributed by atoms with Crippen molar-refractivity contribution in [2.24, 2.45) is 0 Å². The van der Waals surface area contributed by atoms with Crippen LogP contribution in [0.4, 0.5) is 14.5 Å². The van der Waals surface area contributed by atoms with Crippen molar-refractivity contribution in [1.29, 1.82) is 0 Å². The minimum absolute atomic E-state index is 0.324. The molecule has 0 aromatic heterocycles. The van der Waals surface area contributed by atoms with Crippen LogP contribution in [0.3, 0.4) is 0 Å². The highest BCUT2D eigenvalue weighted by atomic mass is 79.9. The summed E-state index contributed by atoms with van der Waals surface area (Å²) < 4.78 is 28.2. The fourth-order valence-electron chi connectivity index (χ4n) is 2.28. The summed E-state index contributed by atoms with van der Waals surface area (Å²) in [5.74, 6) is -2.41. The second-order valence-electron chi connectivity index (χ2n) is 4.35. The van der Waals surface area contributed by atoms with Crippen molar-refractivity contribution in [3.05, 3.63) is 63.6 Å². The molecule has 1 atom stereocenters. The first-order valence-electron chi connectivity index (χ1n) is 5.76. The molecule has 1 aliphatic heterocycles. The van der Waals surface area contributed by atoms with Gasteiger partial charge >= 0.3 is 0 Å². The summed E-state index contributed by atoms with van der Waals surface area (Å²) in [5, 5.41) is 10.1. The van der Waals surface area contributed by atoms with Crippen LogP contribution < -0.4 is 4.90 Å². The molecule has 0 saturated carbocycles. The second-order valence-corrected chi connectivity index (χ2v) is 5.26. The highest BCUT2D eigenvalue weighted by molar-refractivity contribution is 9.10. The van der Waals surface area contributed by atoms with Crippen LogP contribution in [0, 0.1) is 11.6 Å². The number of hydrogen-bond donors (Lipinski definition) is 1. The van der Waals surface area contributed by atoms with E-state index < -0.39 is 29.3 Å². The van der Waals surface area contributed by atoms with E-state index in [0.717, 1.165) is 17.0 Å². The van der Waals surface area contributed by atoms with Gasteiger partial charge in [-0.2, -0.15) is 0 Å². The maximum absolute atomic E-state index is 13.7. The molecular formula is C14H8BrF2NO2. The lowest BCUT2D eigenvalue weighted by molar-refractivity contribution is 0.0932. The predicted octanol–water partition coefficient (Wildman–Crippen LogP) is 3.38. The second kappa shape index (κ2) is 4.64. The van der Waals surface area contributed by atoms with Gasteiger partial charge in [0.05, 0.1) is 11.1 Å². The average Bonchev–Trinajstić information content (AvgIpc) is 2.67. The molecular weight excluding hydrogens is 332 g/mol. The van der Waals surface area contributed by atoms with E-state index in [2.05, 4.69) is 15.9 Å². The third-order valence-corrected chi connectivity index (χ3v) is 3.66. The quantitative estimate of drug-likeness (QED) is 0.865. The number of benzene rings is 2. The van der Waals surface area contributed by atoms with Crippen molar-refractivity contribution in [3.63, 3.8) is 0 Å². The summed E-state index contributed by atoms with van der Waals surface area (Å²) >= 11 is 3.25. The Kier molecular flexibility index (Phi) is 3.07. The lowest BCUT2D eigenvalue weighted by Crippen LogP contribution is -2.27. The topological polar surface area (TPSA) is 40.5 Å². The van der Waals surface area contributed by atoms with Gasteiger partial charge in [0.15, 0.2) is 6.23 Å². The molecule has 6 heteroatoms. The number of carbonyl (C=O) groups is 1. The van der Waals surface area contributed by atoms with E-state index >= 15 is 0 Å². The molecule has 2 aromatic carbocycles. The monoisotopic (exact) mass is 339 g/mol. The van der Waals surface area contributed by atoms with E-state index in [1.54, 1.807) is 24.3 Å². The molecule has 20 heavy (non-hydrogen) atoms. The average molecular weight is 340 g/mol. The minimum Gasteiger partial charge on any atom is -0.369 e. The molecule has 1 N–H and O–H groups in total. The standard InChI is InChI=1S/C14H8BrF2NO2/c15-7-2-1-3-8(6-7)18-13(19)11-9(16)4-5-10(17)12(11)14(18)20/h1-6,13,19H. The zero-order valence-corrected chi connectivity index (χ0v) is 11.6. The summed E-state index contributed by atoms with van der Waals surface area (Å²) in [4.78, 5) is 13.2. The Labute approximate surface area is 121 Å². The molecule has 102 valence electrons. The van der Waals surface area contributed by atoms with E-state index in [1.807, 2.05) is 0 Å². The van der Waals surface area contributed by atoms with Gasteiger partial charge in [-0.15, -0.1) is 0 Å². The number of anilines is 1. The van der Waals surface area contributed by atoms with Gasteiger partial charge in [-0.3, -0.25) is 9.69 Å². The van der Waals surface area contributed by atoms with E-state index in [-0.39, 0.29) is 5.56 Å². The Bertz CT molecular complexity index is 720. The number of fused-ring (bicyclic) bond motifs is 1. The van der Waals surface area contributed by atoms with Crippen LogP contribution in [0.25, 0.3) is 0 Å². The van der Waals surface area contributed by atoms with Crippen molar-refractivity contribution in [2.75, 3.05) is 4.90 Å². The molecule has 0 saturated heterocycles. The lowest BCUT2D eigenvalue weighted by atomic mass is 10.1. The molecule has 0 bridgehead atoms. The molecule has 0 radical (unpaired) electrons. The SMILES string of the molecule is O=C1c2c(F)ccc(F)c2C(O)N1c1cccc(Br)c1. The maximum Gasteiger partial charge on any atom is 0.264 e. The predicted molar refractivity (Wildman–Crippen MR) is 72.3 cm³/mol. The first-order valence-corrected chi connectivity index (χ1v) is 6.55.